The SMILES string of the molecule is Cl.O=C(N[C@H]1CN2CCC1CC2)c1cc2c(Cl)cccc2s1. The van der Waals surface area contributed by atoms with Crippen LogP contribution in [-0.4, -0.2) is 36.5 Å². The molecule has 3 saturated heterocycles. The number of carbonyl (C=O) groups excluding carboxylic acids is 1. The summed E-state index contributed by atoms with van der Waals surface area (Å²) >= 11 is 7.70. The van der Waals surface area contributed by atoms with Crippen LogP contribution in [0, 0.1) is 5.92 Å². The number of fused-ring (bicyclic) bond motifs is 4. The maximum Gasteiger partial charge on any atom is 0.261 e. The Kier molecular flexibility index (Phi) is 4.64. The summed E-state index contributed by atoms with van der Waals surface area (Å²) < 4.78 is 1.07. The molecule has 0 saturated carbocycles. The van der Waals surface area contributed by atoms with Gasteiger partial charge in [0.1, 0.15) is 0 Å². The zero-order chi connectivity index (χ0) is 14.4. The van der Waals surface area contributed by atoms with Gasteiger partial charge in [0.25, 0.3) is 5.91 Å². The second kappa shape index (κ2) is 6.36. The van der Waals surface area contributed by atoms with Crippen molar-refractivity contribution in [3.63, 3.8) is 0 Å². The summed E-state index contributed by atoms with van der Waals surface area (Å²) in [4.78, 5) is 15.7. The highest BCUT2D eigenvalue weighted by Crippen LogP contribution is 2.32. The lowest BCUT2D eigenvalue weighted by atomic mass is 9.84. The Labute approximate surface area is 145 Å². The topological polar surface area (TPSA) is 32.3 Å². The molecule has 5 rings (SSSR count). The fourth-order valence-corrected chi connectivity index (χ4v) is 4.78. The van der Waals surface area contributed by atoms with Crippen molar-refractivity contribution in [2.45, 2.75) is 18.9 Å². The summed E-state index contributed by atoms with van der Waals surface area (Å²) in [6.07, 6.45) is 2.42. The van der Waals surface area contributed by atoms with Gasteiger partial charge < -0.3 is 10.2 Å². The highest BCUT2D eigenvalue weighted by molar-refractivity contribution is 7.20. The first-order chi connectivity index (χ1) is 10.2. The second-order valence-electron chi connectivity index (χ2n) is 5.98. The zero-order valence-corrected chi connectivity index (χ0v) is 14.4. The molecular weight excluding hydrogens is 339 g/mol. The van der Waals surface area contributed by atoms with Gasteiger partial charge >= 0.3 is 0 Å². The first kappa shape index (κ1) is 16.1. The molecule has 0 unspecified atom stereocenters. The molecule has 1 N–H and O–H groups in total. The van der Waals surface area contributed by atoms with Crippen LogP contribution in [0.15, 0.2) is 24.3 Å². The molecule has 4 heterocycles. The Bertz CT molecular complexity index is 695. The number of halogens is 2. The van der Waals surface area contributed by atoms with Crippen molar-refractivity contribution >= 4 is 51.3 Å². The van der Waals surface area contributed by atoms with Gasteiger partial charge in [0.2, 0.25) is 0 Å². The summed E-state index contributed by atoms with van der Waals surface area (Å²) in [7, 11) is 0. The third kappa shape index (κ3) is 2.85. The minimum atomic E-state index is 0. The number of nitrogens with one attached hydrogen (secondary N) is 1. The lowest BCUT2D eigenvalue weighted by Crippen LogP contribution is -2.57. The maximum absolute atomic E-state index is 12.5. The smallest absolute Gasteiger partial charge is 0.261 e. The van der Waals surface area contributed by atoms with Gasteiger partial charge in [0, 0.05) is 27.7 Å². The Morgan fingerprint density at radius 1 is 1.32 bits per heavy atom. The van der Waals surface area contributed by atoms with Crippen LogP contribution in [0.25, 0.3) is 10.1 Å². The molecule has 2 bridgehead atoms. The van der Waals surface area contributed by atoms with E-state index in [9.17, 15) is 4.79 Å². The molecule has 0 spiro atoms. The van der Waals surface area contributed by atoms with E-state index >= 15 is 0 Å². The first-order valence-corrected chi connectivity index (χ1v) is 8.61. The van der Waals surface area contributed by atoms with E-state index in [1.807, 2.05) is 24.3 Å². The number of hydrogen-bond acceptors (Lipinski definition) is 3. The Morgan fingerprint density at radius 2 is 2.09 bits per heavy atom. The average Bonchev–Trinajstić information content (AvgIpc) is 2.94. The predicted octanol–water partition coefficient (Wildman–Crippen LogP) is 3.80. The number of hydrogen-bond donors (Lipinski definition) is 1. The van der Waals surface area contributed by atoms with E-state index in [-0.39, 0.29) is 18.3 Å². The molecule has 118 valence electrons. The molecule has 6 heteroatoms. The lowest BCUT2D eigenvalue weighted by molar-refractivity contribution is 0.0622. The van der Waals surface area contributed by atoms with Crippen LogP contribution in [0.1, 0.15) is 22.5 Å². The van der Waals surface area contributed by atoms with Crippen molar-refractivity contribution in [3.05, 3.63) is 34.2 Å². The van der Waals surface area contributed by atoms with E-state index in [0.29, 0.717) is 17.0 Å². The van der Waals surface area contributed by atoms with Gasteiger partial charge in [0.15, 0.2) is 0 Å². The van der Waals surface area contributed by atoms with Crippen molar-refractivity contribution in [3.8, 4) is 0 Å². The van der Waals surface area contributed by atoms with Crippen LogP contribution >= 0.6 is 35.3 Å². The third-order valence-electron chi connectivity index (χ3n) is 4.70. The predicted molar refractivity (Wildman–Crippen MR) is 94.5 cm³/mol. The summed E-state index contributed by atoms with van der Waals surface area (Å²) in [5.41, 5.74) is 0. The minimum absolute atomic E-state index is 0. The summed E-state index contributed by atoms with van der Waals surface area (Å²) in [5.74, 6) is 0.697. The molecule has 22 heavy (non-hydrogen) atoms. The van der Waals surface area contributed by atoms with Gasteiger partial charge in [-0.1, -0.05) is 17.7 Å². The molecule has 3 fully saturated rings. The van der Waals surface area contributed by atoms with Crippen molar-refractivity contribution in [2.24, 2.45) is 5.92 Å². The third-order valence-corrected chi connectivity index (χ3v) is 6.13. The molecular formula is C16H18Cl2N2OS. The lowest BCUT2D eigenvalue weighted by Gasteiger charge is -2.44. The van der Waals surface area contributed by atoms with Gasteiger partial charge in [-0.15, -0.1) is 23.7 Å². The van der Waals surface area contributed by atoms with Gasteiger partial charge in [-0.3, -0.25) is 4.79 Å². The molecule has 2 aromatic rings. The number of piperidine rings is 3. The molecule has 3 nitrogen and oxygen atoms in total. The number of thiophene rings is 1. The van der Waals surface area contributed by atoms with E-state index in [2.05, 4.69) is 10.2 Å². The van der Waals surface area contributed by atoms with E-state index in [1.54, 1.807) is 0 Å². The standard InChI is InChI=1S/C16H17ClN2OS.ClH/c17-12-2-1-3-14-11(12)8-15(21-14)16(20)18-13-9-19-6-4-10(13)5-7-19;/h1-3,8,10,13H,4-7,9H2,(H,18,20);1H/t13-;/m0./s1. The summed E-state index contributed by atoms with van der Waals surface area (Å²) in [6, 6.07) is 8.03. The molecule has 1 aromatic carbocycles. The van der Waals surface area contributed by atoms with E-state index in [4.69, 9.17) is 11.6 Å². The molecule has 0 aliphatic carbocycles. The normalized spacial score (nSPS) is 26.7. The number of rotatable bonds is 2. The molecule has 1 atom stereocenters. The second-order valence-corrected chi connectivity index (χ2v) is 7.47. The van der Waals surface area contributed by atoms with Gasteiger partial charge in [0.05, 0.1) is 4.88 Å². The first-order valence-electron chi connectivity index (χ1n) is 7.42. The van der Waals surface area contributed by atoms with Crippen LogP contribution in [0.4, 0.5) is 0 Å². The van der Waals surface area contributed by atoms with Crippen molar-refractivity contribution in [2.75, 3.05) is 19.6 Å². The minimum Gasteiger partial charge on any atom is -0.347 e. The summed E-state index contributed by atoms with van der Waals surface area (Å²) in [6.45, 7) is 3.38. The molecule has 3 aliphatic rings. The monoisotopic (exact) mass is 356 g/mol. The van der Waals surface area contributed by atoms with Crippen molar-refractivity contribution in [1.29, 1.82) is 0 Å². The van der Waals surface area contributed by atoms with Crippen molar-refractivity contribution < 1.29 is 4.79 Å². The van der Waals surface area contributed by atoms with Gasteiger partial charge in [-0.25, -0.2) is 0 Å². The average molecular weight is 357 g/mol. The number of benzene rings is 1. The van der Waals surface area contributed by atoms with E-state index < -0.39 is 0 Å². The number of carbonyl (C=O) groups is 1. The molecule has 3 aliphatic heterocycles. The van der Waals surface area contributed by atoms with Gasteiger partial charge in [-0.05, 0) is 50.0 Å². The van der Waals surface area contributed by atoms with Gasteiger partial charge in [-0.2, -0.15) is 0 Å². The van der Waals surface area contributed by atoms with Crippen LogP contribution in [-0.2, 0) is 0 Å². The number of nitrogens with zero attached hydrogens (tertiary/aromatic N) is 1. The van der Waals surface area contributed by atoms with E-state index in [1.165, 1.54) is 37.3 Å². The number of amides is 1. The fourth-order valence-electron chi connectivity index (χ4n) is 3.51. The molecule has 1 amide bonds. The fraction of sp³-hybridized carbons (Fsp3) is 0.438. The highest BCUT2D eigenvalue weighted by Gasteiger charge is 2.35. The largest absolute Gasteiger partial charge is 0.347 e. The van der Waals surface area contributed by atoms with Crippen LogP contribution in [0.3, 0.4) is 0 Å². The zero-order valence-electron chi connectivity index (χ0n) is 12.0. The highest BCUT2D eigenvalue weighted by atomic mass is 35.5. The molecule has 1 aromatic heterocycles. The Balaban J connectivity index is 0.00000144. The molecule has 0 radical (unpaired) electrons. The van der Waals surface area contributed by atoms with Crippen molar-refractivity contribution in [1.82, 2.24) is 10.2 Å². The Hall–Kier alpha value is -0.810. The van der Waals surface area contributed by atoms with E-state index in [0.717, 1.165) is 21.5 Å². The Morgan fingerprint density at radius 3 is 2.73 bits per heavy atom. The summed E-state index contributed by atoms with van der Waals surface area (Å²) in [5, 5.41) is 4.92. The quantitative estimate of drug-likeness (QED) is 0.887. The van der Waals surface area contributed by atoms with Crippen LogP contribution in [0.5, 0.6) is 0 Å². The maximum atomic E-state index is 12.5. The van der Waals surface area contributed by atoms with Crippen LogP contribution in [0.2, 0.25) is 5.02 Å². The van der Waals surface area contributed by atoms with Crippen LogP contribution < -0.4 is 5.32 Å².